The monoisotopic (exact) mass is 839 g/mol. The largest absolute Gasteiger partial charge is 0.463 e. The van der Waals surface area contributed by atoms with Crippen molar-refractivity contribution in [2.75, 3.05) is 26.3 Å². The molecule has 2 saturated heterocycles. The summed E-state index contributed by atoms with van der Waals surface area (Å²) in [6.07, 6.45) is 13.1. The number of carbonyl (C=O) groups excluding carboxylic acids is 1. The highest BCUT2D eigenvalue weighted by atomic mass is 35.5. The molecule has 0 unspecified atom stereocenters. The van der Waals surface area contributed by atoms with Crippen molar-refractivity contribution in [3.05, 3.63) is 136 Å². The number of unbranched alkanes of at least 4 members (excludes halogenated alkanes) is 1. The fraction of sp³-hybridized carbons (Fsp3) is 0.340. The van der Waals surface area contributed by atoms with Crippen molar-refractivity contribution in [1.29, 1.82) is 0 Å². The summed E-state index contributed by atoms with van der Waals surface area (Å²) in [5.74, 6) is 1.28. The van der Waals surface area contributed by atoms with E-state index < -0.39 is 0 Å². The van der Waals surface area contributed by atoms with E-state index in [0.29, 0.717) is 58.9 Å². The number of ketones is 1. The first-order valence-corrected chi connectivity index (χ1v) is 21.3. The number of carbonyl (C=O) groups is 1. The second-order valence-corrected chi connectivity index (χ2v) is 15.9. The van der Waals surface area contributed by atoms with E-state index in [0.717, 1.165) is 55.7 Å². The van der Waals surface area contributed by atoms with Crippen molar-refractivity contribution in [1.82, 2.24) is 29.8 Å². The van der Waals surface area contributed by atoms with Crippen molar-refractivity contribution in [2.45, 2.75) is 77.0 Å². The average Bonchev–Trinajstić information content (AvgIpc) is 3.72. The van der Waals surface area contributed by atoms with E-state index in [2.05, 4.69) is 50.8 Å². The van der Waals surface area contributed by atoms with Crippen molar-refractivity contribution in [3.8, 4) is 11.5 Å². The number of hydrogen-bond acceptors (Lipinski definition) is 11. The van der Waals surface area contributed by atoms with Gasteiger partial charge in [-0.05, 0) is 113 Å². The molecule has 314 valence electrons. The predicted molar refractivity (Wildman–Crippen MR) is 237 cm³/mol. The summed E-state index contributed by atoms with van der Waals surface area (Å²) in [4.78, 5) is 47.3. The number of aromatic amines is 1. The number of aromatic nitrogens is 5. The molecule has 3 N–H and O–H groups in total. The highest BCUT2D eigenvalue weighted by Crippen LogP contribution is 2.42. The van der Waals surface area contributed by atoms with Crippen LogP contribution in [-0.2, 0) is 9.47 Å². The number of H-pyrrole nitrogens is 1. The third-order valence-corrected chi connectivity index (χ3v) is 11.7. The number of nitrogens with two attached hydrogens (primary N) is 1. The Bertz CT molecular complexity index is 2460. The third kappa shape index (κ3) is 9.97. The van der Waals surface area contributed by atoms with E-state index >= 15 is 0 Å². The van der Waals surface area contributed by atoms with Crippen molar-refractivity contribution < 1.29 is 19.0 Å². The molecule has 2 fully saturated rings. The molecule has 6 heterocycles. The molecule has 0 bridgehead atoms. The summed E-state index contributed by atoms with van der Waals surface area (Å²) in [6.45, 7) is 6.36. The third-order valence-electron chi connectivity index (χ3n) is 11.4. The number of likely N-dealkylation sites (tertiary alicyclic amines) is 1. The Balaban J connectivity index is 0.834. The highest BCUT2D eigenvalue weighted by molar-refractivity contribution is 6.35. The summed E-state index contributed by atoms with van der Waals surface area (Å²) in [5.41, 5.74) is 13.0. The van der Waals surface area contributed by atoms with Crippen LogP contribution in [-0.4, -0.2) is 79.7 Å². The van der Waals surface area contributed by atoms with Gasteiger partial charge in [-0.3, -0.25) is 19.7 Å². The van der Waals surface area contributed by atoms with E-state index in [1.54, 1.807) is 24.4 Å². The molecular weight excluding hydrogens is 790 g/mol. The number of para-hydroxylation sites is 1. The standard InChI is InChI=1S/C47H50ClN9O4/c1-30-11-9-22-50-42(30)39-15-8-16-40(43-31(2)12-10-23-51-43)57(39)24-7-6-21-52-47(49)60-28-35-18-17-32(27-59-35)56-46-41-37(26-53-45(41)54-29-55-46)44(58)36-20-19-34(25-38(36)48)61-33-13-4-3-5-14-33/h3-5,9-14,19-20,22-23,25-26,29,35,39-40H,6-8,15-18,21,24,27-28H2,1-2H3,(H2,49,52)(H,53,54,55)/t35-,39-,40+/m0/s1. The van der Waals surface area contributed by atoms with Gasteiger partial charge in [-0.2, -0.15) is 0 Å². The van der Waals surface area contributed by atoms with Gasteiger partial charge >= 0.3 is 0 Å². The smallest absolute Gasteiger partial charge is 0.281 e. The molecule has 2 aliphatic heterocycles. The molecule has 0 spiro atoms. The minimum Gasteiger partial charge on any atom is -0.463 e. The van der Waals surface area contributed by atoms with Gasteiger partial charge in [0.1, 0.15) is 30.1 Å². The SMILES string of the molecule is Cc1cccnc1[C@H]1CCC[C@@H](c2ncccc2C)N1CCCCN=C(N)OC[C@@H]1CCC(=Nc2ncnc3[nH]cc(C(=O)c4ccc(Oc5ccccc5)cc4Cl)c23)CO1. The number of aliphatic imine (C=N–C) groups is 2. The fourth-order valence-corrected chi connectivity index (χ4v) is 8.51. The number of nitrogens with one attached hydrogen (secondary N) is 1. The lowest BCUT2D eigenvalue weighted by Crippen LogP contribution is -2.38. The minimum atomic E-state index is -0.286. The summed E-state index contributed by atoms with van der Waals surface area (Å²) < 4.78 is 17.8. The van der Waals surface area contributed by atoms with Gasteiger partial charge < -0.3 is 24.9 Å². The maximum Gasteiger partial charge on any atom is 0.281 e. The molecule has 61 heavy (non-hydrogen) atoms. The van der Waals surface area contributed by atoms with Crippen LogP contribution in [0.15, 0.2) is 108 Å². The summed E-state index contributed by atoms with van der Waals surface area (Å²) >= 11 is 6.61. The Labute approximate surface area is 360 Å². The Kier molecular flexibility index (Phi) is 13.4. The lowest BCUT2D eigenvalue weighted by atomic mass is 9.88. The first-order valence-electron chi connectivity index (χ1n) is 20.9. The Morgan fingerprint density at radius 1 is 0.902 bits per heavy atom. The summed E-state index contributed by atoms with van der Waals surface area (Å²) in [6, 6.07) is 23.3. The molecule has 8 rings (SSSR count). The Morgan fingerprint density at radius 2 is 1.66 bits per heavy atom. The number of fused-ring (bicyclic) bond motifs is 1. The van der Waals surface area contributed by atoms with Gasteiger partial charge in [-0.1, -0.05) is 41.9 Å². The number of rotatable bonds is 14. The molecule has 6 aromatic rings. The molecule has 0 amide bonds. The topological polar surface area (TPSA) is 166 Å². The van der Waals surface area contributed by atoms with Crippen LogP contribution in [0.25, 0.3) is 11.0 Å². The van der Waals surface area contributed by atoms with Crippen LogP contribution in [0.5, 0.6) is 11.5 Å². The van der Waals surface area contributed by atoms with Gasteiger partial charge in [0.05, 0.1) is 52.2 Å². The van der Waals surface area contributed by atoms with E-state index in [-0.39, 0.29) is 48.2 Å². The molecule has 4 aromatic heterocycles. The Hall–Kier alpha value is -6.02. The quantitative estimate of drug-likeness (QED) is 0.0467. The number of piperidine rings is 1. The van der Waals surface area contributed by atoms with Crippen LogP contribution >= 0.6 is 11.6 Å². The number of halogens is 1. The van der Waals surface area contributed by atoms with Crippen molar-refractivity contribution in [3.63, 3.8) is 0 Å². The maximum atomic E-state index is 13.8. The predicted octanol–water partition coefficient (Wildman–Crippen LogP) is 9.37. The zero-order chi connectivity index (χ0) is 42.1. The summed E-state index contributed by atoms with van der Waals surface area (Å²) in [5, 5.41) is 0.776. The first-order chi connectivity index (χ1) is 29.8. The van der Waals surface area contributed by atoms with E-state index in [1.807, 2.05) is 54.9 Å². The molecular formula is C47H50ClN9O4. The average molecular weight is 840 g/mol. The first kappa shape index (κ1) is 41.7. The molecule has 0 radical (unpaired) electrons. The fourth-order valence-electron chi connectivity index (χ4n) is 8.26. The van der Waals surface area contributed by atoms with Crippen LogP contribution < -0.4 is 10.5 Å². The zero-order valence-electron chi connectivity index (χ0n) is 34.5. The molecule has 0 saturated carbocycles. The van der Waals surface area contributed by atoms with E-state index in [4.69, 9.17) is 46.5 Å². The van der Waals surface area contributed by atoms with Crippen LogP contribution in [0, 0.1) is 13.8 Å². The number of aryl methyl sites for hydroxylation is 2. The molecule has 13 nitrogen and oxygen atoms in total. The van der Waals surface area contributed by atoms with Crippen LogP contribution in [0.3, 0.4) is 0 Å². The number of ether oxygens (including phenoxy) is 3. The minimum absolute atomic E-state index is 0.163. The van der Waals surface area contributed by atoms with Crippen LogP contribution in [0.2, 0.25) is 5.02 Å². The van der Waals surface area contributed by atoms with Gasteiger partial charge in [-0.25, -0.2) is 20.0 Å². The molecule has 2 aromatic carbocycles. The zero-order valence-corrected chi connectivity index (χ0v) is 35.2. The van der Waals surface area contributed by atoms with Gasteiger partial charge in [0.15, 0.2) is 11.6 Å². The molecule has 3 atom stereocenters. The normalized spacial score (nSPS) is 19.3. The van der Waals surface area contributed by atoms with Gasteiger partial charge in [-0.15, -0.1) is 0 Å². The van der Waals surface area contributed by atoms with Crippen LogP contribution in [0.4, 0.5) is 5.82 Å². The maximum absolute atomic E-state index is 13.8. The van der Waals surface area contributed by atoms with Gasteiger partial charge in [0.25, 0.3) is 6.02 Å². The highest BCUT2D eigenvalue weighted by Gasteiger charge is 2.35. The number of hydrogen-bond donors (Lipinski definition) is 2. The van der Waals surface area contributed by atoms with E-state index in [1.165, 1.54) is 17.5 Å². The lowest BCUT2D eigenvalue weighted by Gasteiger charge is -2.42. The number of nitrogens with zero attached hydrogens (tertiary/aromatic N) is 7. The van der Waals surface area contributed by atoms with E-state index in [9.17, 15) is 4.79 Å². The second-order valence-electron chi connectivity index (χ2n) is 15.5. The summed E-state index contributed by atoms with van der Waals surface area (Å²) in [7, 11) is 0. The van der Waals surface area contributed by atoms with Gasteiger partial charge in [0.2, 0.25) is 0 Å². The molecule has 0 aliphatic carbocycles. The number of benzene rings is 2. The van der Waals surface area contributed by atoms with Gasteiger partial charge in [0, 0.05) is 42.5 Å². The van der Waals surface area contributed by atoms with Crippen molar-refractivity contribution >= 4 is 46.0 Å². The molecule has 14 heteroatoms. The number of pyridine rings is 2. The lowest BCUT2D eigenvalue weighted by molar-refractivity contribution is 0.0223. The number of amidine groups is 1. The van der Waals surface area contributed by atoms with Crippen LogP contribution in [0.1, 0.15) is 95.5 Å². The second kappa shape index (κ2) is 19.6. The molecule has 2 aliphatic rings. The Morgan fingerprint density at radius 3 is 2.34 bits per heavy atom. The van der Waals surface area contributed by atoms with Crippen molar-refractivity contribution in [2.24, 2.45) is 15.7 Å².